The summed E-state index contributed by atoms with van der Waals surface area (Å²) in [6.07, 6.45) is -3.39. The fourth-order valence-electron chi connectivity index (χ4n) is 2.14. The van der Waals surface area contributed by atoms with Gasteiger partial charge in [-0.15, -0.1) is 0 Å². The highest BCUT2D eigenvalue weighted by molar-refractivity contribution is 6.31. The van der Waals surface area contributed by atoms with Gasteiger partial charge in [-0.1, -0.05) is 17.7 Å². The number of nitrogens with zero attached hydrogens (tertiary/aromatic N) is 1. The minimum atomic E-state index is -4.59. The Morgan fingerprint density at radius 1 is 1.38 bits per heavy atom. The lowest BCUT2D eigenvalue weighted by Crippen LogP contribution is -2.48. The standard InChI is InChI=1S/C15H13ClF3NO4/c16-11-3-1-9(7-10(11)15(17,18)19)2-4-13(21)20-5-6-24-12(8-20)14(22)23/h1-4,7,12H,5-6,8H2,(H,22,23)/b4-2+. The number of alkyl halides is 3. The largest absolute Gasteiger partial charge is 0.479 e. The number of aliphatic carboxylic acids is 1. The zero-order valence-corrected chi connectivity index (χ0v) is 13.0. The van der Waals surface area contributed by atoms with Crippen LogP contribution in [0.4, 0.5) is 13.2 Å². The van der Waals surface area contributed by atoms with Gasteiger partial charge in [0.05, 0.1) is 23.7 Å². The summed E-state index contributed by atoms with van der Waals surface area (Å²) in [5, 5.41) is 8.45. The molecule has 2 rings (SSSR count). The summed E-state index contributed by atoms with van der Waals surface area (Å²) < 4.78 is 43.3. The molecule has 1 saturated heterocycles. The van der Waals surface area contributed by atoms with Crippen molar-refractivity contribution >= 4 is 29.6 Å². The van der Waals surface area contributed by atoms with Crippen LogP contribution in [0, 0.1) is 0 Å². The molecular formula is C15H13ClF3NO4. The second-order valence-electron chi connectivity index (χ2n) is 5.05. The van der Waals surface area contributed by atoms with Crippen molar-refractivity contribution in [2.75, 3.05) is 19.7 Å². The van der Waals surface area contributed by atoms with Crippen molar-refractivity contribution in [1.82, 2.24) is 4.90 Å². The highest BCUT2D eigenvalue weighted by Crippen LogP contribution is 2.35. The van der Waals surface area contributed by atoms with Gasteiger partial charge in [-0.05, 0) is 23.8 Å². The predicted octanol–water partition coefficient (Wildman–Crippen LogP) is 2.68. The van der Waals surface area contributed by atoms with Gasteiger partial charge in [-0.3, -0.25) is 4.79 Å². The van der Waals surface area contributed by atoms with Crippen molar-refractivity contribution in [3.63, 3.8) is 0 Å². The molecule has 130 valence electrons. The van der Waals surface area contributed by atoms with Crippen LogP contribution < -0.4 is 0 Å². The number of carbonyl (C=O) groups is 2. The van der Waals surface area contributed by atoms with E-state index in [4.69, 9.17) is 21.4 Å². The van der Waals surface area contributed by atoms with Gasteiger partial charge in [0.15, 0.2) is 6.10 Å². The number of amides is 1. The van der Waals surface area contributed by atoms with Crippen molar-refractivity contribution in [3.05, 3.63) is 40.4 Å². The summed E-state index contributed by atoms with van der Waals surface area (Å²) in [6.45, 7) is 0.171. The first-order chi connectivity index (χ1) is 11.2. The first-order valence-electron chi connectivity index (χ1n) is 6.86. The molecule has 1 aliphatic heterocycles. The van der Waals surface area contributed by atoms with Gasteiger partial charge in [-0.2, -0.15) is 13.2 Å². The third-order valence-electron chi connectivity index (χ3n) is 3.37. The highest BCUT2D eigenvalue weighted by atomic mass is 35.5. The number of benzene rings is 1. The zero-order chi connectivity index (χ0) is 17.9. The molecule has 0 aliphatic carbocycles. The Kier molecular flexibility index (Phi) is 5.51. The maximum Gasteiger partial charge on any atom is 0.417 e. The minimum absolute atomic E-state index is 0.0791. The lowest BCUT2D eigenvalue weighted by molar-refractivity contribution is -0.158. The Bertz CT molecular complexity index is 675. The fraction of sp³-hybridized carbons (Fsp3) is 0.333. The van der Waals surface area contributed by atoms with Crippen LogP contribution in [0.3, 0.4) is 0 Å². The summed E-state index contributed by atoms with van der Waals surface area (Å²) in [7, 11) is 0. The van der Waals surface area contributed by atoms with Crippen LogP contribution in [0.2, 0.25) is 5.02 Å². The number of ether oxygens (including phenoxy) is 1. The first-order valence-corrected chi connectivity index (χ1v) is 7.24. The van der Waals surface area contributed by atoms with Crippen LogP contribution in [0.15, 0.2) is 24.3 Å². The molecule has 0 spiro atoms. The molecule has 1 atom stereocenters. The quantitative estimate of drug-likeness (QED) is 0.838. The fourth-order valence-corrected chi connectivity index (χ4v) is 2.36. The molecule has 1 amide bonds. The molecular weight excluding hydrogens is 351 g/mol. The van der Waals surface area contributed by atoms with E-state index in [0.29, 0.717) is 0 Å². The maximum absolute atomic E-state index is 12.8. The van der Waals surface area contributed by atoms with E-state index in [-0.39, 0.29) is 25.3 Å². The first kappa shape index (κ1) is 18.3. The molecule has 5 nitrogen and oxygen atoms in total. The monoisotopic (exact) mass is 363 g/mol. The van der Waals surface area contributed by atoms with E-state index in [0.717, 1.165) is 18.2 Å². The van der Waals surface area contributed by atoms with Gasteiger partial charge in [0.2, 0.25) is 5.91 Å². The molecule has 1 N–H and O–H groups in total. The highest BCUT2D eigenvalue weighted by Gasteiger charge is 2.33. The van der Waals surface area contributed by atoms with E-state index in [1.807, 2.05) is 0 Å². The molecule has 0 radical (unpaired) electrons. The van der Waals surface area contributed by atoms with Crippen LogP contribution in [-0.4, -0.2) is 47.7 Å². The van der Waals surface area contributed by atoms with Crippen LogP contribution in [0.25, 0.3) is 6.08 Å². The summed E-state index contributed by atoms with van der Waals surface area (Å²) in [5.41, 5.74) is -0.834. The normalized spacial score (nSPS) is 18.8. The van der Waals surface area contributed by atoms with E-state index in [2.05, 4.69) is 0 Å². The molecule has 1 aliphatic rings. The van der Waals surface area contributed by atoms with Gasteiger partial charge in [-0.25, -0.2) is 4.79 Å². The molecule has 0 saturated carbocycles. The maximum atomic E-state index is 12.8. The molecule has 9 heteroatoms. The van der Waals surface area contributed by atoms with Gasteiger partial charge < -0.3 is 14.7 Å². The summed E-state index contributed by atoms with van der Waals surface area (Å²) in [5.74, 6) is -1.68. The number of morpholine rings is 1. The Morgan fingerprint density at radius 3 is 2.71 bits per heavy atom. The van der Waals surface area contributed by atoms with E-state index < -0.39 is 34.7 Å². The van der Waals surface area contributed by atoms with Gasteiger partial charge in [0.25, 0.3) is 0 Å². The topological polar surface area (TPSA) is 66.8 Å². The molecule has 1 aromatic carbocycles. The Balaban J connectivity index is 2.10. The van der Waals surface area contributed by atoms with Crippen molar-refractivity contribution in [3.8, 4) is 0 Å². The number of hydrogen-bond acceptors (Lipinski definition) is 3. The minimum Gasteiger partial charge on any atom is -0.479 e. The van der Waals surface area contributed by atoms with E-state index in [9.17, 15) is 22.8 Å². The molecule has 1 fully saturated rings. The molecule has 1 unspecified atom stereocenters. The van der Waals surface area contributed by atoms with E-state index in [1.165, 1.54) is 17.0 Å². The molecule has 1 aromatic rings. The van der Waals surface area contributed by atoms with Crippen molar-refractivity contribution in [1.29, 1.82) is 0 Å². The summed E-state index contributed by atoms with van der Waals surface area (Å²) in [6, 6.07) is 3.29. The Morgan fingerprint density at radius 2 is 2.08 bits per heavy atom. The van der Waals surface area contributed by atoms with Crippen LogP contribution >= 0.6 is 11.6 Å². The van der Waals surface area contributed by atoms with Crippen molar-refractivity contribution in [2.45, 2.75) is 12.3 Å². The van der Waals surface area contributed by atoms with E-state index >= 15 is 0 Å². The number of rotatable bonds is 3. The second-order valence-corrected chi connectivity index (χ2v) is 5.46. The summed E-state index contributed by atoms with van der Waals surface area (Å²) in [4.78, 5) is 24.2. The third kappa shape index (κ3) is 4.48. The lowest BCUT2D eigenvalue weighted by Gasteiger charge is -2.30. The average Bonchev–Trinajstić information content (AvgIpc) is 2.52. The lowest BCUT2D eigenvalue weighted by atomic mass is 10.1. The molecule has 24 heavy (non-hydrogen) atoms. The van der Waals surface area contributed by atoms with Crippen LogP contribution in [-0.2, 0) is 20.5 Å². The predicted molar refractivity (Wildman–Crippen MR) is 79.4 cm³/mol. The average molecular weight is 364 g/mol. The molecule has 0 bridgehead atoms. The van der Waals surface area contributed by atoms with Crippen molar-refractivity contribution in [2.24, 2.45) is 0 Å². The second kappa shape index (κ2) is 7.23. The number of halogens is 4. The Labute approximate surface area is 140 Å². The number of carbonyl (C=O) groups excluding carboxylic acids is 1. The molecule has 1 heterocycles. The number of carboxylic acid groups (broad SMARTS) is 1. The van der Waals surface area contributed by atoms with Crippen LogP contribution in [0.5, 0.6) is 0 Å². The smallest absolute Gasteiger partial charge is 0.417 e. The number of carboxylic acids is 1. The van der Waals surface area contributed by atoms with Crippen molar-refractivity contribution < 1.29 is 32.6 Å². The van der Waals surface area contributed by atoms with Gasteiger partial charge in [0, 0.05) is 12.6 Å². The SMILES string of the molecule is O=C(O)C1CN(C(=O)/C=C/c2ccc(Cl)c(C(F)(F)F)c2)CCO1. The zero-order valence-electron chi connectivity index (χ0n) is 12.2. The van der Waals surface area contributed by atoms with Gasteiger partial charge >= 0.3 is 12.1 Å². The Hall–Kier alpha value is -2.06. The summed E-state index contributed by atoms with van der Waals surface area (Å²) >= 11 is 5.52. The molecule has 0 aromatic heterocycles. The van der Waals surface area contributed by atoms with Crippen LogP contribution in [0.1, 0.15) is 11.1 Å². The number of hydrogen-bond donors (Lipinski definition) is 1. The third-order valence-corrected chi connectivity index (χ3v) is 3.70. The van der Waals surface area contributed by atoms with Gasteiger partial charge in [0.1, 0.15) is 0 Å². The van der Waals surface area contributed by atoms with E-state index in [1.54, 1.807) is 0 Å².